The lowest BCUT2D eigenvalue weighted by Crippen LogP contribution is -2.40. The van der Waals surface area contributed by atoms with Crippen LogP contribution < -0.4 is 0 Å². The molecule has 0 unspecified atom stereocenters. The summed E-state index contributed by atoms with van der Waals surface area (Å²) >= 11 is 0. The zero-order valence-electron chi connectivity index (χ0n) is 17.3. The summed E-state index contributed by atoms with van der Waals surface area (Å²) in [6, 6.07) is 10.8. The molecule has 2 aliphatic rings. The van der Waals surface area contributed by atoms with Crippen LogP contribution in [-0.4, -0.2) is 55.9 Å². The minimum absolute atomic E-state index is 0.727. The van der Waals surface area contributed by atoms with Crippen molar-refractivity contribution in [3.63, 3.8) is 0 Å². The summed E-state index contributed by atoms with van der Waals surface area (Å²) in [5, 5.41) is 0. The maximum absolute atomic E-state index is 4.84. The Hall–Kier alpha value is -2.70. The zero-order valence-corrected chi connectivity index (χ0v) is 17.3. The number of aromatic nitrogens is 4. The fraction of sp³-hybridized carbons (Fsp3) is 0.417. The van der Waals surface area contributed by atoms with Gasteiger partial charge in [-0.25, -0.2) is 19.9 Å². The molecule has 0 spiro atoms. The van der Waals surface area contributed by atoms with Crippen molar-refractivity contribution in [2.24, 2.45) is 5.92 Å². The molecular weight excluding hydrogens is 372 g/mol. The highest BCUT2D eigenvalue weighted by Crippen LogP contribution is 2.24. The molecule has 1 saturated heterocycles. The first-order chi connectivity index (χ1) is 14.8. The van der Waals surface area contributed by atoms with Crippen molar-refractivity contribution in [3.8, 4) is 11.4 Å². The van der Waals surface area contributed by atoms with Crippen LogP contribution in [0.4, 0.5) is 0 Å². The average Bonchev–Trinajstić information content (AvgIpc) is 2.81. The molecule has 0 aliphatic carbocycles. The SMILES string of the molecule is c1ccc(CN2CCC(CN3CCc4cnc(-c5cncnc5)nc4C3)CC2)cc1. The van der Waals surface area contributed by atoms with Crippen LogP contribution in [0.3, 0.4) is 0 Å². The van der Waals surface area contributed by atoms with Gasteiger partial charge < -0.3 is 0 Å². The summed E-state index contributed by atoms with van der Waals surface area (Å²) in [5.74, 6) is 1.51. The second-order valence-corrected chi connectivity index (χ2v) is 8.48. The number of likely N-dealkylation sites (tertiary alicyclic amines) is 1. The van der Waals surface area contributed by atoms with E-state index in [0.717, 1.165) is 49.1 Å². The molecule has 154 valence electrons. The first-order valence-corrected chi connectivity index (χ1v) is 10.9. The highest BCUT2D eigenvalue weighted by molar-refractivity contribution is 5.52. The molecule has 0 saturated carbocycles. The van der Waals surface area contributed by atoms with Gasteiger partial charge in [0.15, 0.2) is 5.82 Å². The van der Waals surface area contributed by atoms with Gasteiger partial charge in [0.2, 0.25) is 0 Å². The Bertz CT molecular complexity index is 954. The van der Waals surface area contributed by atoms with Crippen molar-refractivity contribution >= 4 is 0 Å². The van der Waals surface area contributed by atoms with Gasteiger partial charge >= 0.3 is 0 Å². The smallest absolute Gasteiger partial charge is 0.162 e. The Morgan fingerprint density at radius 3 is 2.50 bits per heavy atom. The molecule has 0 N–H and O–H groups in total. The van der Waals surface area contributed by atoms with E-state index in [1.165, 1.54) is 49.9 Å². The standard InChI is InChI=1S/C24H28N6/c1-2-4-19(5-3-1)15-29-9-6-20(7-10-29)16-30-11-8-21-14-27-24(28-23(21)17-30)22-12-25-18-26-13-22/h1-5,12-14,18,20H,6-11,15-17H2. The van der Waals surface area contributed by atoms with Crippen molar-refractivity contribution in [3.05, 3.63) is 72.1 Å². The lowest BCUT2D eigenvalue weighted by Gasteiger charge is -2.36. The first kappa shape index (κ1) is 19.3. The molecule has 6 heteroatoms. The molecule has 3 aromatic rings. The Kier molecular flexibility index (Phi) is 5.77. The predicted octanol–water partition coefficient (Wildman–Crippen LogP) is 3.20. The molecule has 0 bridgehead atoms. The van der Waals surface area contributed by atoms with Crippen molar-refractivity contribution in [2.45, 2.75) is 32.4 Å². The summed E-state index contributed by atoms with van der Waals surface area (Å²) in [6.45, 7) is 6.67. The van der Waals surface area contributed by atoms with Gasteiger partial charge in [-0.15, -0.1) is 0 Å². The Labute approximate surface area is 178 Å². The molecule has 1 fully saturated rings. The molecule has 0 atom stereocenters. The molecule has 1 aromatic carbocycles. The third-order valence-electron chi connectivity index (χ3n) is 6.32. The van der Waals surface area contributed by atoms with Gasteiger partial charge in [0.1, 0.15) is 6.33 Å². The van der Waals surface area contributed by atoms with Crippen LogP contribution in [0, 0.1) is 5.92 Å². The monoisotopic (exact) mass is 400 g/mol. The summed E-state index contributed by atoms with van der Waals surface area (Å²) < 4.78 is 0. The number of piperidine rings is 1. The molecule has 4 heterocycles. The van der Waals surface area contributed by atoms with E-state index >= 15 is 0 Å². The Balaban J connectivity index is 1.16. The van der Waals surface area contributed by atoms with E-state index in [2.05, 4.69) is 55.1 Å². The maximum atomic E-state index is 4.84. The number of hydrogen-bond acceptors (Lipinski definition) is 6. The summed E-state index contributed by atoms with van der Waals surface area (Å²) in [5.41, 5.74) is 4.74. The second-order valence-electron chi connectivity index (χ2n) is 8.48. The average molecular weight is 401 g/mol. The van der Waals surface area contributed by atoms with Crippen LogP contribution in [0.5, 0.6) is 0 Å². The van der Waals surface area contributed by atoms with Crippen molar-refractivity contribution in [1.82, 2.24) is 29.7 Å². The van der Waals surface area contributed by atoms with Crippen molar-refractivity contribution < 1.29 is 0 Å². The van der Waals surface area contributed by atoms with Gasteiger partial charge in [-0.3, -0.25) is 9.80 Å². The van der Waals surface area contributed by atoms with E-state index < -0.39 is 0 Å². The Morgan fingerprint density at radius 1 is 0.900 bits per heavy atom. The lowest BCUT2D eigenvalue weighted by atomic mass is 9.94. The van der Waals surface area contributed by atoms with Crippen molar-refractivity contribution in [2.75, 3.05) is 26.2 Å². The van der Waals surface area contributed by atoms with Crippen LogP contribution in [0.15, 0.2) is 55.2 Å². The fourth-order valence-electron chi connectivity index (χ4n) is 4.60. The van der Waals surface area contributed by atoms with Gasteiger partial charge in [-0.05, 0) is 49.4 Å². The van der Waals surface area contributed by atoms with E-state index in [9.17, 15) is 0 Å². The minimum atomic E-state index is 0.727. The molecule has 30 heavy (non-hydrogen) atoms. The van der Waals surface area contributed by atoms with Crippen LogP contribution in [-0.2, 0) is 19.5 Å². The van der Waals surface area contributed by atoms with Gasteiger partial charge in [-0.2, -0.15) is 0 Å². The summed E-state index contributed by atoms with van der Waals surface area (Å²) in [6.07, 6.45) is 10.7. The molecule has 0 amide bonds. The van der Waals surface area contributed by atoms with Crippen LogP contribution in [0.25, 0.3) is 11.4 Å². The highest BCUT2D eigenvalue weighted by Gasteiger charge is 2.24. The van der Waals surface area contributed by atoms with Crippen LogP contribution in [0.2, 0.25) is 0 Å². The first-order valence-electron chi connectivity index (χ1n) is 10.9. The van der Waals surface area contributed by atoms with Gasteiger partial charge in [0.05, 0.1) is 11.3 Å². The number of fused-ring (bicyclic) bond motifs is 1. The van der Waals surface area contributed by atoms with E-state index in [0.29, 0.717) is 0 Å². The molecule has 2 aromatic heterocycles. The normalized spacial score (nSPS) is 18.3. The van der Waals surface area contributed by atoms with E-state index in [1.54, 1.807) is 12.4 Å². The van der Waals surface area contributed by atoms with Crippen LogP contribution in [0.1, 0.15) is 29.7 Å². The fourth-order valence-corrected chi connectivity index (χ4v) is 4.60. The predicted molar refractivity (Wildman–Crippen MR) is 116 cm³/mol. The van der Waals surface area contributed by atoms with Gasteiger partial charge in [0.25, 0.3) is 0 Å². The number of nitrogens with zero attached hydrogens (tertiary/aromatic N) is 6. The summed E-state index contributed by atoms with van der Waals surface area (Å²) in [4.78, 5) is 22.7. The van der Waals surface area contributed by atoms with E-state index in [1.807, 2.05) is 6.20 Å². The third kappa shape index (κ3) is 4.55. The zero-order chi connectivity index (χ0) is 20.2. The maximum Gasteiger partial charge on any atom is 0.162 e. The van der Waals surface area contributed by atoms with Gasteiger partial charge in [0, 0.05) is 44.8 Å². The number of benzene rings is 1. The third-order valence-corrected chi connectivity index (χ3v) is 6.32. The van der Waals surface area contributed by atoms with Crippen LogP contribution >= 0.6 is 0 Å². The molecule has 6 nitrogen and oxygen atoms in total. The number of rotatable bonds is 5. The highest BCUT2D eigenvalue weighted by atomic mass is 15.2. The lowest BCUT2D eigenvalue weighted by molar-refractivity contribution is 0.131. The molecular formula is C24H28N6. The number of hydrogen-bond donors (Lipinski definition) is 0. The molecule has 2 aliphatic heterocycles. The van der Waals surface area contributed by atoms with Crippen molar-refractivity contribution in [1.29, 1.82) is 0 Å². The molecule has 5 rings (SSSR count). The van der Waals surface area contributed by atoms with Gasteiger partial charge in [-0.1, -0.05) is 30.3 Å². The largest absolute Gasteiger partial charge is 0.299 e. The Morgan fingerprint density at radius 2 is 1.70 bits per heavy atom. The quantitative estimate of drug-likeness (QED) is 0.656. The topological polar surface area (TPSA) is 58.0 Å². The summed E-state index contributed by atoms with van der Waals surface area (Å²) in [7, 11) is 0. The van der Waals surface area contributed by atoms with E-state index in [4.69, 9.17) is 4.98 Å². The minimum Gasteiger partial charge on any atom is -0.299 e. The van der Waals surface area contributed by atoms with E-state index in [-0.39, 0.29) is 0 Å². The second kappa shape index (κ2) is 8.98. The molecule has 0 radical (unpaired) electrons.